The average Bonchev–Trinajstić information content (AvgIpc) is 2.68. The lowest BCUT2D eigenvalue weighted by Crippen LogP contribution is -2.45. The SMILES string of the molecule is CCC1(C(=O)O)CCN(C(=O)CC2CNC2)C1. The van der Waals surface area contributed by atoms with Gasteiger partial charge >= 0.3 is 5.97 Å². The third-order valence-corrected chi connectivity index (χ3v) is 4.17. The van der Waals surface area contributed by atoms with Crippen molar-refractivity contribution in [2.24, 2.45) is 11.3 Å². The van der Waals surface area contributed by atoms with Crippen molar-refractivity contribution in [3.05, 3.63) is 0 Å². The molecule has 0 aromatic rings. The van der Waals surface area contributed by atoms with E-state index in [9.17, 15) is 14.7 Å². The number of aliphatic carboxylic acids is 1. The largest absolute Gasteiger partial charge is 0.481 e. The summed E-state index contributed by atoms with van der Waals surface area (Å²) in [6.07, 6.45) is 1.75. The molecule has 0 aromatic heterocycles. The Morgan fingerprint density at radius 2 is 2.18 bits per heavy atom. The molecular formula is C12H20N2O3. The van der Waals surface area contributed by atoms with Crippen LogP contribution in [0.3, 0.4) is 0 Å². The van der Waals surface area contributed by atoms with E-state index in [0.717, 1.165) is 13.1 Å². The van der Waals surface area contributed by atoms with Crippen molar-refractivity contribution in [1.82, 2.24) is 10.2 Å². The van der Waals surface area contributed by atoms with Crippen LogP contribution in [0.5, 0.6) is 0 Å². The zero-order valence-corrected chi connectivity index (χ0v) is 10.2. The fourth-order valence-electron chi connectivity index (χ4n) is 2.57. The van der Waals surface area contributed by atoms with E-state index < -0.39 is 11.4 Å². The molecule has 5 heteroatoms. The third kappa shape index (κ3) is 2.29. The van der Waals surface area contributed by atoms with E-state index in [1.807, 2.05) is 6.92 Å². The van der Waals surface area contributed by atoms with Gasteiger partial charge in [-0.1, -0.05) is 6.92 Å². The number of carboxylic acids is 1. The smallest absolute Gasteiger partial charge is 0.311 e. The first-order valence-electron chi connectivity index (χ1n) is 6.29. The van der Waals surface area contributed by atoms with Crippen LogP contribution in [0.15, 0.2) is 0 Å². The zero-order chi connectivity index (χ0) is 12.5. The highest BCUT2D eigenvalue weighted by Gasteiger charge is 2.44. The molecule has 1 unspecified atom stereocenters. The van der Waals surface area contributed by atoms with Crippen molar-refractivity contribution < 1.29 is 14.7 Å². The quantitative estimate of drug-likeness (QED) is 0.742. The van der Waals surface area contributed by atoms with Crippen LogP contribution in [0.1, 0.15) is 26.2 Å². The van der Waals surface area contributed by atoms with Gasteiger partial charge in [-0.15, -0.1) is 0 Å². The summed E-state index contributed by atoms with van der Waals surface area (Å²) in [4.78, 5) is 25.0. The first-order valence-corrected chi connectivity index (χ1v) is 6.29. The van der Waals surface area contributed by atoms with E-state index in [2.05, 4.69) is 5.32 Å². The molecule has 1 atom stereocenters. The number of likely N-dealkylation sites (tertiary alicyclic amines) is 1. The summed E-state index contributed by atoms with van der Waals surface area (Å²) < 4.78 is 0. The highest BCUT2D eigenvalue weighted by molar-refractivity contribution is 5.80. The number of hydrogen-bond acceptors (Lipinski definition) is 3. The molecule has 2 aliphatic rings. The molecule has 0 aromatic carbocycles. The van der Waals surface area contributed by atoms with E-state index in [-0.39, 0.29) is 5.91 Å². The number of amides is 1. The molecule has 2 fully saturated rings. The van der Waals surface area contributed by atoms with Crippen LogP contribution >= 0.6 is 0 Å². The number of hydrogen-bond donors (Lipinski definition) is 2. The molecule has 17 heavy (non-hydrogen) atoms. The van der Waals surface area contributed by atoms with Crippen LogP contribution < -0.4 is 5.32 Å². The molecule has 2 N–H and O–H groups in total. The van der Waals surface area contributed by atoms with Crippen molar-refractivity contribution in [2.45, 2.75) is 26.2 Å². The van der Waals surface area contributed by atoms with Crippen LogP contribution in [-0.4, -0.2) is 48.1 Å². The number of nitrogens with zero attached hydrogens (tertiary/aromatic N) is 1. The molecule has 2 saturated heterocycles. The van der Waals surface area contributed by atoms with Crippen molar-refractivity contribution in [3.63, 3.8) is 0 Å². The van der Waals surface area contributed by atoms with Gasteiger partial charge in [-0.05, 0) is 31.8 Å². The highest BCUT2D eigenvalue weighted by Crippen LogP contribution is 2.34. The van der Waals surface area contributed by atoms with Gasteiger partial charge in [-0.3, -0.25) is 9.59 Å². The van der Waals surface area contributed by atoms with Gasteiger partial charge in [0.15, 0.2) is 0 Å². The molecule has 0 radical (unpaired) electrons. The van der Waals surface area contributed by atoms with Crippen molar-refractivity contribution in [2.75, 3.05) is 26.2 Å². The van der Waals surface area contributed by atoms with E-state index in [1.54, 1.807) is 4.90 Å². The predicted octanol–water partition coefficient (Wildman–Crippen LogP) is 0.309. The molecule has 0 bridgehead atoms. The van der Waals surface area contributed by atoms with Gasteiger partial charge in [0.2, 0.25) is 5.91 Å². The Morgan fingerprint density at radius 1 is 1.47 bits per heavy atom. The van der Waals surface area contributed by atoms with E-state index in [1.165, 1.54) is 0 Å². The molecule has 0 saturated carbocycles. The van der Waals surface area contributed by atoms with Gasteiger partial charge in [0.1, 0.15) is 0 Å². The Bertz CT molecular complexity index is 328. The summed E-state index contributed by atoms with van der Waals surface area (Å²) in [6.45, 7) is 4.70. The maximum Gasteiger partial charge on any atom is 0.311 e. The molecule has 1 amide bonds. The second-order valence-corrected chi connectivity index (χ2v) is 5.23. The van der Waals surface area contributed by atoms with E-state index >= 15 is 0 Å². The number of carboxylic acid groups (broad SMARTS) is 1. The monoisotopic (exact) mass is 240 g/mol. The lowest BCUT2D eigenvalue weighted by Gasteiger charge is -2.29. The Kier molecular flexibility index (Phi) is 3.38. The molecular weight excluding hydrogens is 220 g/mol. The minimum absolute atomic E-state index is 0.119. The maximum absolute atomic E-state index is 12.0. The fourth-order valence-corrected chi connectivity index (χ4v) is 2.57. The van der Waals surface area contributed by atoms with Crippen LogP contribution in [0.2, 0.25) is 0 Å². The Balaban J connectivity index is 1.91. The number of nitrogens with one attached hydrogen (secondary N) is 1. The molecule has 0 spiro atoms. The van der Waals surface area contributed by atoms with Gasteiger partial charge in [0.05, 0.1) is 5.41 Å². The molecule has 2 rings (SSSR count). The topological polar surface area (TPSA) is 69.6 Å². The predicted molar refractivity (Wildman–Crippen MR) is 62.5 cm³/mol. The summed E-state index contributed by atoms with van der Waals surface area (Å²) in [5, 5.41) is 12.4. The fraction of sp³-hybridized carbons (Fsp3) is 0.833. The van der Waals surface area contributed by atoms with Gasteiger partial charge < -0.3 is 15.3 Å². The van der Waals surface area contributed by atoms with Crippen LogP contribution in [-0.2, 0) is 9.59 Å². The second-order valence-electron chi connectivity index (χ2n) is 5.23. The summed E-state index contributed by atoms with van der Waals surface area (Å²) in [6, 6.07) is 0. The van der Waals surface area contributed by atoms with Crippen LogP contribution in [0, 0.1) is 11.3 Å². The maximum atomic E-state index is 12.0. The number of rotatable bonds is 4. The Labute approximate surface area is 101 Å². The summed E-state index contributed by atoms with van der Waals surface area (Å²) in [7, 11) is 0. The van der Waals surface area contributed by atoms with Gasteiger partial charge in [0, 0.05) is 19.5 Å². The van der Waals surface area contributed by atoms with Crippen molar-refractivity contribution >= 4 is 11.9 Å². The van der Waals surface area contributed by atoms with Crippen molar-refractivity contribution in [1.29, 1.82) is 0 Å². The number of carbonyl (C=O) groups excluding carboxylic acids is 1. The molecule has 5 nitrogen and oxygen atoms in total. The minimum Gasteiger partial charge on any atom is -0.481 e. The van der Waals surface area contributed by atoms with Gasteiger partial charge in [-0.25, -0.2) is 0 Å². The molecule has 96 valence electrons. The van der Waals surface area contributed by atoms with Crippen LogP contribution in [0.4, 0.5) is 0 Å². The minimum atomic E-state index is -0.763. The summed E-state index contributed by atoms with van der Waals surface area (Å²) in [5.74, 6) is -0.197. The Morgan fingerprint density at radius 3 is 2.59 bits per heavy atom. The normalized spacial score (nSPS) is 29.1. The highest BCUT2D eigenvalue weighted by atomic mass is 16.4. The lowest BCUT2D eigenvalue weighted by atomic mass is 9.84. The second kappa shape index (κ2) is 4.64. The molecule has 2 heterocycles. The molecule has 2 aliphatic heterocycles. The summed E-state index contributed by atoms with van der Waals surface area (Å²) >= 11 is 0. The average molecular weight is 240 g/mol. The van der Waals surface area contributed by atoms with E-state index in [4.69, 9.17) is 0 Å². The Hall–Kier alpha value is -1.10. The third-order valence-electron chi connectivity index (χ3n) is 4.17. The standard InChI is InChI=1S/C12H20N2O3/c1-2-12(11(16)17)3-4-14(8-12)10(15)5-9-6-13-7-9/h9,13H,2-8H2,1H3,(H,16,17). The van der Waals surface area contributed by atoms with Gasteiger partial charge in [0.25, 0.3) is 0 Å². The zero-order valence-electron chi connectivity index (χ0n) is 10.2. The first kappa shape index (κ1) is 12.4. The molecule has 0 aliphatic carbocycles. The number of carbonyl (C=O) groups is 2. The van der Waals surface area contributed by atoms with E-state index in [0.29, 0.717) is 38.3 Å². The summed E-state index contributed by atoms with van der Waals surface area (Å²) in [5.41, 5.74) is -0.701. The van der Waals surface area contributed by atoms with Crippen LogP contribution in [0.25, 0.3) is 0 Å². The van der Waals surface area contributed by atoms with Gasteiger partial charge in [-0.2, -0.15) is 0 Å². The first-order chi connectivity index (χ1) is 8.07. The van der Waals surface area contributed by atoms with Crippen molar-refractivity contribution in [3.8, 4) is 0 Å². The lowest BCUT2D eigenvalue weighted by molar-refractivity contribution is -0.148.